The van der Waals surface area contributed by atoms with E-state index in [9.17, 15) is 0 Å². The number of unbranched alkanes of at least 4 members (excludes halogenated alkanes) is 1. The average molecular weight is 215 g/mol. The van der Waals surface area contributed by atoms with E-state index in [-0.39, 0.29) is 0 Å². The Balaban J connectivity index is 3.72. The number of nitrogens with zero attached hydrogens (tertiary/aromatic N) is 2. The highest BCUT2D eigenvalue weighted by Crippen LogP contribution is 1.96. The molecule has 0 spiro atoms. The Kier molecular flexibility index (Phi) is 10.3. The van der Waals surface area contributed by atoms with Crippen molar-refractivity contribution in [1.29, 1.82) is 0 Å². The smallest absolute Gasteiger partial charge is 0.0110 e. The van der Waals surface area contributed by atoms with Gasteiger partial charge in [-0.3, -0.25) is 0 Å². The first-order chi connectivity index (χ1) is 7.28. The predicted molar refractivity (Wildman–Crippen MR) is 68.2 cm³/mol. The number of hydrogen-bond donors (Lipinski definition) is 1. The van der Waals surface area contributed by atoms with Gasteiger partial charge in [0, 0.05) is 26.2 Å². The van der Waals surface area contributed by atoms with Crippen LogP contribution in [0.1, 0.15) is 33.6 Å². The second kappa shape index (κ2) is 10.4. The summed E-state index contributed by atoms with van der Waals surface area (Å²) in [5.41, 5.74) is 5.62. The van der Waals surface area contributed by atoms with Crippen molar-refractivity contribution in [1.82, 2.24) is 9.80 Å². The number of rotatable bonds is 10. The van der Waals surface area contributed by atoms with Crippen molar-refractivity contribution < 1.29 is 0 Å². The first kappa shape index (κ1) is 14.9. The summed E-state index contributed by atoms with van der Waals surface area (Å²) in [5, 5.41) is 0. The molecule has 0 fully saturated rings. The summed E-state index contributed by atoms with van der Waals surface area (Å²) in [7, 11) is 0. The van der Waals surface area contributed by atoms with Crippen LogP contribution < -0.4 is 5.73 Å². The molecule has 92 valence electrons. The molecular weight excluding hydrogens is 186 g/mol. The number of nitrogens with two attached hydrogens (primary N) is 1. The number of hydrogen-bond acceptors (Lipinski definition) is 3. The summed E-state index contributed by atoms with van der Waals surface area (Å²) in [6.07, 6.45) is 2.56. The molecule has 0 aliphatic carbocycles. The van der Waals surface area contributed by atoms with E-state index >= 15 is 0 Å². The van der Waals surface area contributed by atoms with Crippen LogP contribution in [0.3, 0.4) is 0 Å². The van der Waals surface area contributed by atoms with Crippen molar-refractivity contribution in [3.05, 3.63) is 0 Å². The summed E-state index contributed by atoms with van der Waals surface area (Å²) in [5.74, 6) is 0. The molecule has 0 saturated heterocycles. The quantitative estimate of drug-likeness (QED) is 0.598. The lowest BCUT2D eigenvalue weighted by Crippen LogP contribution is -2.38. The zero-order chi connectivity index (χ0) is 11.5. The first-order valence-electron chi connectivity index (χ1n) is 6.43. The highest BCUT2D eigenvalue weighted by Gasteiger charge is 2.05. The van der Waals surface area contributed by atoms with Crippen molar-refractivity contribution >= 4 is 0 Å². The Labute approximate surface area is 95.6 Å². The summed E-state index contributed by atoms with van der Waals surface area (Å²) >= 11 is 0. The van der Waals surface area contributed by atoms with Crippen LogP contribution in [0, 0.1) is 0 Å². The van der Waals surface area contributed by atoms with Gasteiger partial charge in [0.25, 0.3) is 0 Å². The highest BCUT2D eigenvalue weighted by molar-refractivity contribution is 4.62. The molecule has 0 atom stereocenters. The molecule has 0 radical (unpaired) electrons. The van der Waals surface area contributed by atoms with Crippen molar-refractivity contribution in [2.75, 3.05) is 45.8 Å². The average Bonchev–Trinajstić information content (AvgIpc) is 2.27. The van der Waals surface area contributed by atoms with Crippen LogP contribution in [0.4, 0.5) is 0 Å². The van der Waals surface area contributed by atoms with Crippen LogP contribution in [0.15, 0.2) is 0 Å². The van der Waals surface area contributed by atoms with Crippen LogP contribution in [0.5, 0.6) is 0 Å². The summed E-state index contributed by atoms with van der Waals surface area (Å²) in [6, 6.07) is 0. The lowest BCUT2D eigenvalue weighted by Gasteiger charge is -2.25. The third kappa shape index (κ3) is 7.77. The zero-order valence-electron chi connectivity index (χ0n) is 10.8. The van der Waals surface area contributed by atoms with Crippen LogP contribution in [-0.2, 0) is 0 Å². The molecule has 2 N–H and O–H groups in total. The van der Waals surface area contributed by atoms with Crippen LogP contribution in [0.2, 0.25) is 0 Å². The molecule has 0 heterocycles. The molecule has 0 rings (SSSR count). The molecule has 0 saturated carbocycles. The van der Waals surface area contributed by atoms with E-state index in [0.29, 0.717) is 0 Å². The van der Waals surface area contributed by atoms with Gasteiger partial charge in [-0.05, 0) is 26.1 Å². The molecule has 3 nitrogen and oxygen atoms in total. The second-order valence-corrected chi connectivity index (χ2v) is 4.01. The molecule has 0 aromatic carbocycles. The molecule has 0 bridgehead atoms. The van der Waals surface area contributed by atoms with E-state index in [1.54, 1.807) is 0 Å². The Morgan fingerprint density at radius 3 is 1.87 bits per heavy atom. The minimum absolute atomic E-state index is 0.780. The SMILES string of the molecule is CCCCN(CCN)CCN(CC)CC. The monoisotopic (exact) mass is 215 g/mol. The molecule has 3 heteroatoms. The van der Waals surface area contributed by atoms with Gasteiger partial charge in [-0.25, -0.2) is 0 Å². The third-order valence-electron chi connectivity index (χ3n) is 2.90. The van der Waals surface area contributed by atoms with Gasteiger partial charge in [0.2, 0.25) is 0 Å². The Morgan fingerprint density at radius 2 is 1.40 bits per heavy atom. The molecule has 15 heavy (non-hydrogen) atoms. The van der Waals surface area contributed by atoms with Crippen molar-refractivity contribution in [2.45, 2.75) is 33.6 Å². The van der Waals surface area contributed by atoms with E-state index in [1.165, 1.54) is 32.5 Å². The molecule has 0 aliphatic heterocycles. The molecule has 0 aliphatic rings. The van der Waals surface area contributed by atoms with Crippen molar-refractivity contribution in [3.8, 4) is 0 Å². The topological polar surface area (TPSA) is 32.5 Å². The largest absolute Gasteiger partial charge is 0.329 e. The third-order valence-corrected chi connectivity index (χ3v) is 2.90. The van der Waals surface area contributed by atoms with Gasteiger partial charge < -0.3 is 15.5 Å². The van der Waals surface area contributed by atoms with Crippen LogP contribution in [0.25, 0.3) is 0 Å². The summed E-state index contributed by atoms with van der Waals surface area (Å²) in [4.78, 5) is 4.96. The Bertz CT molecular complexity index is 124. The minimum atomic E-state index is 0.780. The van der Waals surface area contributed by atoms with E-state index < -0.39 is 0 Å². The minimum Gasteiger partial charge on any atom is -0.329 e. The van der Waals surface area contributed by atoms with E-state index in [4.69, 9.17) is 5.73 Å². The Morgan fingerprint density at radius 1 is 0.800 bits per heavy atom. The van der Waals surface area contributed by atoms with Crippen molar-refractivity contribution in [3.63, 3.8) is 0 Å². The fourth-order valence-electron chi connectivity index (χ4n) is 1.72. The molecule has 0 unspecified atom stereocenters. The summed E-state index contributed by atoms with van der Waals surface area (Å²) in [6.45, 7) is 14.4. The van der Waals surface area contributed by atoms with Gasteiger partial charge in [0.05, 0.1) is 0 Å². The fraction of sp³-hybridized carbons (Fsp3) is 1.00. The van der Waals surface area contributed by atoms with Gasteiger partial charge in [0.1, 0.15) is 0 Å². The standard InChI is InChI=1S/C12H29N3/c1-4-7-9-15(10-8-13)12-11-14(5-2)6-3/h4-13H2,1-3H3. The maximum Gasteiger partial charge on any atom is 0.0110 e. The lowest BCUT2D eigenvalue weighted by atomic mass is 10.3. The molecule has 0 aromatic rings. The lowest BCUT2D eigenvalue weighted by molar-refractivity contribution is 0.215. The van der Waals surface area contributed by atoms with Crippen molar-refractivity contribution in [2.24, 2.45) is 5.73 Å². The molecular formula is C12H29N3. The van der Waals surface area contributed by atoms with E-state index in [1.807, 2.05) is 0 Å². The van der Waals surface area contributed by atoms with Crippen LogP contribution in [-0.4, -0.2) is 55.6 Å². The highest BCUT2D eigenvalue weighted by atomic mass is 15.2. The fourth-order valence-corrected chi connectivity index (χ4v) is 1.72. The maximum absolute atomic E-state index is 5.62. The molecule has 0 amide bonds. The van der Waals surface area contributed by atoms with E-state index in [0.717, 1.165) is 26.2 Å². The number of likely N-dealkylation sites (N-methyl/N-ethyl adjacent to an activating group) is 1. The van der Waals surface area contributed by atoms with Gasteiger partial charge in [-0.2, -0.15) is 0 Å². The first-order valence-corrected chi connectivity index (χ1v) is 6.43. The van der Waals surface area contributed by atoms with Gasteiger partial charge in [-0.15, -0.1) is 0 Å². The second-order valence-electron chi connectivity index (χ2n) is 4.01. The van der Waals surface area contributed by atoms with E-state index in [2.05, 4.69) is 30.6 Å². The normalized spacial score (nSPS) is 11.6. The van der Waals surface area contributed by atoms with Gasteiger partial charge in [-0.1, -0.05) is 27.2 Å². The predicted octanol–water partition coefficient (Wildman–Crippen LogP) is 1.39. The van der Waals surface area contributed by atoms with Gasteiger partial charge in [0.15, 0.2) is 0 Å². The van der Waals surface area contributed by atoms with Gasteiger partial charge >= 0.3 is 0 Å². The maximum atomic E-state index is 5.62. The van der Waals surface area contributed by atoms with Crippen LogP contribution >= 0.6 is 0 Å². The summed E-state index contributed by atoms with van der Waals surface area (Å²) < 4.78 is 0. The zero-order valence-corrected chi connectivity index (χ0v) is 10.8. The Hall–Kier alpha value is -0.120. The molecule has 0 aromatic heterocycles.